The predicted molar refractivity (Wildman–Crippen MR) is 102 cm³/mol. The third kappa shape index (κ3) is 3.00. The first-order valence-electron chi connectivity index (χ1n) is 9.64. The number of nitrogens with zero attached hydrogens (tertiary/aromatic N) is 1. The molecule has 2 nitrogen and oxygen atoms in total. The fraction of sp³-hybridized carbons (Fsp3) is 0.500. The molecule has 0 atom stereocenters. The van der Waals surface area contributed by atoms with Crippen LogP contribution in [0.15, 0.2) is 42.6 Å². The van der Waals surface area contributed by atoms with E-state index in [1.807, 2.05) is 30.5 Å². The van der Waals surface area contributed by atoms with Crippen molar-refractivity contribution in [3.63, 3.8) is 0 Å². The van der Waals surface area contributed by atoms with Crippen LogP contribution in [0.25, 0.3) is 11.1 Å². The zero-order valence-corrected chi connectivity index (χ0v) is 15.3. The number of hydrogen-bond donors (Lipinski definition) is 1. The molecule has 0 aliphatic heterocycles. The maximum absolute atomic E-state index is 6.30. The van der Waals surface area contributed by atoms with Gasteiger partial charge in [0, 0.05) is 34.4 Å². The van der Waals surface area contributed by atoms with Crippen LogP contribution in [0.2, 0.25) is 5.02 Å². The number of benzene rings is 1. The number of pyridine rings is 1. The van der Waals surface area contributed by atoms with Crippen LogP contribution in [0.1, 0.15) is 44.2 Å². The molecular formula is C22H25ClN2. The Labute approximate surface area is 155 Å². The second kappa shape index (κ2) is 6.10. The summed E-state index contributed by atoms with van der Waals surface area (Å²) in [5.41, 5.74) is 3.67. The van der Waals surface area contributed by atoms with E-state index in [2.05, 4.69) is 17.4 Å². The molecule has 3 heteroatoms. The smallest absolute Gasteiger partial charge is 0.0542 e. The summed E-state index contributed by atoms with van der Waals surface area (Å²) in [5.74, 6) is 2.94. The van der Waals surface area contributed by atoms with Gasteiger partial charge in [0.05, 0.1) is 5.69 Å². The third-order valence-corrected chi connectivity index (χ3v) is 7.02. The van der Waals surface area contributed by atoms with E-state index >= 15 is 0 Å². The molecule has 1 heterocycles. The van der Waals surface area contributed by atoms with Gasteiger partial charge in [0.1, 0.15) is 0 Å². The molecule has 25 heavy (non-hydrogen) atoms. The molecule has 1 aromatic heterocycles. The van der Waals surface area contributed by atoms with E-state index in [-0.39, 0.29) is 0 Å². The largest absolute Gasteiger partial charge is 0.306 e. The van der Waals surface area contributed by atoms with Crippen molar-refractivity contribution in [2.75, 3.05) is 0 Å². The quantitative estimate of drug-likeness (QED) is 0.790. The summed E-state index contributed by atoms with van der Waals surface area (Å²) in [4.78, 5) is 4.69. The van der Waals surface area contributed by atoms with Crippen molar-refractivity contribution in [2.45, 2.75) is 50.6 Å². The highest BCUT2D eigenvalue weighted by Gasteiger charge is 2.50. The fourth-order valence-electron chi connectivity index (χ4n) is 5.99. The molecular weight excluding hydrogens is 328 g/mol. The van der Waals surface area contributed by atoms with Gasteiger partial charge in [-0.25, -0.2) is 0 Å². The summed E-state index contributed by atoms with van der Waals surface area (Å²) in [6.45, 7) is 0.884. The summed E-state index contributed by atoms with van der Waals surface area (Å²) in [6, 6.07) is 12.2. The van der Waals surface area contributed by atoms with Gasteiger partial charge in [-0.2, -0.15) is 0 Å². The van der Waals surface area contributed by atoms with E-state index in [4.69, 9.17) is 16.6 Å². The SMILES string of the molecule is Clc1ccccc1-c1ccc(CNC23CC4CC(CC(C4)C2)C3)nc1. The summed E-state index contributed by atoms with van der Waals surface area (Å²) in [5, 5.41) is 4.71. The monoisotopic (exact) mass is 352 g/mol. The average molecular weight is 353 g/mol. The summed E-state index contributed by atoms with van der Waals surface area (Å²) in [7, 11) is 0. The lowest BCUT2D eigenvalue weighted by Gasteiger charge is -2.57. The second-order valence-corrected chi connectivity index (χ2v) is 8.98. The lowest BCUT2D eigenvalue weighted by atomic mass is 9.53. The summed E-state index contributed by atoms with van der Waals surface area (Å²) in [6.07, 6.45) is 10.6. The van der Waals surface area contributed by atoms with E-state index in [1.165, 1.54) is 38.5 Å². The van der Waals surface area contributed by atoms with E-state index < -0.39 is 0 Å². The van der Waals surface area contributed by atoms with Crippen LogP contribution in [0.4, 0.5) is 0 Å². The molecule has 4 aliphatic carbocycles. The van der Waals surface area contributed by atoms with Crippen LogP contribution in [0.5, 0.6) is 0 Å². The minimum Gasteiger partial charge on any atom is -0.306 e. The minimum absolute atomic E-state index is 0.401. The lowest BCUT2D eigenvalue weighted by Crippen LogP contribution is -2.58. The van der Waals surface area contributed by atoms with Gasteiger partial charge in [-0.1, -0.05) is 35.9 Å². The topological polar surface area (TPSA) is 24.9 Å². The van der Waals surface area contributed by atoms with E-state index in [0.29, 0.717) is 5.54 Å². The van der Waals surface area contributed by atoms with Gasteiger partial charge in [-0.15, -0.1) is 0 Å². The molecule has 0 saturated heterocycles. The average Bonchev–Trinajstić information content (AvgIpc) is 2.60. The Morgan fingerprint density at radius 2 is 1.64 bits per heavy atom. The summed E-state index contributed by atoms with van der Waals surface area (Å²) >= 11 is 6.30. The maximum Gasteiger partial charge on any atom is 0.0542 e. The van der Waals surface area contributed by atoms with Gasteiger partial charge in [-0.05, 0) is 68.4 Å². The number of nitrogens with one attached hydrogen (secondary N) is 1. The molecule has 130 valence electrons. The van der Waals surface area contributed by atoms with Crippen molar-refractivity contribution in [1.82, 2.24) is 10.3 Å². The molecule has 4 bridgehead atoms. The second-order valence-electron chi connectivity index (χ2n) is 8.57. The van der Waals surface area contributed by atoms with Crippen molar-refractivity contribution < 1.29 is 0 Å². The Morgan fingerprint density at radius 1 is 0.960 bits per heavy atom. The molecule has 0 radical (unpaired) electrons. The predicted octanol–water partition coefficient (Wildman–Crippen LogP) is 5.46. The highest BCUT2D eigenvalue weighted by atomic mass is 35.5. The maximum atomic E-state index is 6.30. The van der Waals surface area contributed by atoms with Gasteiger partial charge < -0.3 is 5.32 Å². The minimum atomic E-state index is 0.401. The van der Waals surface area contributed by atoms with E-state index in [1.54, 1.807) is 0 Å². The Balaban J connectivity index is 1.28. The Morgan fingerprint density at radius 3 is 2.24 bits per heavy atom. The third-order valence-electron chi connectivity index (χ3n) is 6.69. The van der Waals surface area contributed by atoms with Crippen LogP contribution in [-0.2, 0) is 6.54 Å². The van der Waals surface area contributed by atoms with Crippen LogP contribution >= 0.6 is 11.6 Å². The molecule has 1 N–H and O–H groups in total. The van der Waals surface area contributed by atoms with Crippen molar-refractivity contribution in [3.8, 4) is 11.1 Å². The van der Waals surface area contributed by atoms with Crippen LogP contribution in [0, 0.1) is 17.8 Å². The van der Waals surface area contributed by atoms with E-state index in [0.717, 1.165) is 46.1 Å². The molecule has 0 unspecified atom stereocenters. The first-order chi connectivity index (χ1) is 12.2. The van der Waals surface area contributed by atoms with Crippen LogP contribution in [-0.4, -0.2) is 10.5 Å². The Kier molecular flexibility index (Phi) is 3.87. The molecule has 4 aliphatic rings. The fourth-order valence-corrected chi connectivity index (χ4v) is 6.23. The van der Waals surface area contributed by atoms with Crippen molar-refractivity contribution in [1.29, 1.82) is 0 Å². The number of rotatable bonds is 4. The van der Waals surface area contributed by atoms with Crippen LogP contribution in [0.3, 0.4) is 0 Å². The van der Waals surface area contributed by atoms with Crippen LogP contribution < -0.4 is 5.32 Å². The zero-order valence-electron chi connectivity index (χ0n) is 14.5. The van der Waals surface area contributed by atoms with Crippen molar-refractivity contribution >= 4 is 11.6 Å². The van der Waals surface area contributed by atoms with Crippen molar-refractivity contribution in [2.24, 2.45) is 17.8 Å². The molecule has 2 aromatic rings. The lowest BCUT2D eigenvalue weighted by molar-refractivity contribution is -0.0207. The molecule has 1 aromatic carbocycles. The molecule has 4 saturated carbocycles. The van der Waals surface area contributed by atoms with Gasteiger partial charge in [-0.3, -0.25) is 4.98 Å². The van der Waals surface area contributed by atoms with E-state index in [9.17, 15) is 0 Å². The van der Waals surface area contributed by atoms with Gasteiger partial charge in [0.2, 0.25) is 0 Å². The number of hydrogen-bond acceptors (Lipinski definition) is 2. The first-order valence-corrected chi connectivity index (χ1v) is 10.0. The Bertz CT molecular complexity index is 733. The van der Waals surface area contributed by atoms with Crippen molar-refractivity contribution in [3.05, 3.63) is 53.3 Å². The van der Waals surface area contributed by atoms with Gasteiger partial charge in [0.25, 0.3) is 0 Å². The Hall–Kier alpha value is -1.38. The first kappa shape index (κ1) is 15.8. The standard InChI is InChI=1S/C22H25ClN2/c23-21-4-2-1-3-20(21)18-5-6-19(24-13-18)14-25-22-10-15-7-16(11-22)9-17(8-15)12-22/h1-6,13,15-17,25H,7-12,14H2. The highest BCUT2D eigenvalue weighted by Crippen LogP contribution is 2.55. The summed E-state index contributed by atoms with van der Waals surface area (Å²) < 4.78 is 0. The van der Waals surface area contributed by atoms with Gasteiger partial charge >= 0.3 is 0 Å². The molecule has 0 spiro atoms. The normalized spacial score (nSPS) is 32.9. The number of halogens is 1. The molecule has 6 rings (SSSR count). The molecule has 0 amide bonds. The van der Waals surface area contributed by atoms with Gasteiger partial charge in [0.15, 0.2) is 0 Å². The number of aromatic nitrogens is 1. The zero-order chi connectivity index (χ0) is 16.9. The molecule has 4 fully saturated rings. The highest BCUT2D eigenvalue weighted by molar-refractivity contribution is 6.33.